The molecule has 3 rings (SSSR count). The number of piperazine rings is 1. The zero-order valence-electron chi connectivity index (χ0n) is 13.8. The predicted molar refractivity (Wildman–Crippen MR) is 93.5 cm³/mol. The van der Waals surface area contributed by atoms with Crippen LogP contribution in [-0.4, -0.2) is 34.9 Å². The van der Waals surface area contributed by atoms with Gasteiger partial charge in [0.15, 0.2) is 0 Å². The molecule has 1 amide bonds. The summed E-state index contributed by atoms with van der Waals surface area (Å²) in [7, 11) is 0. The first-order chi connectivity index (χ1) is 11.0. The summed E-state index contributed by atoms with van der Waals surface area (Å²) in [6, 6.07) is 7.89. The van der Waals surface area contributed by atoms with Crippen molar-refractivity contribution >= 4 is 28.4 Å². The molecule has 1 saturated heterocycles. The fraction of sp³-hybridized carbons (Fsp3) is 0.444. The van der Waals surface area contributed by atoms with Crippen molar-refractivity contribution in [2.75, 3.05) is 13.1 Å². The molecule has 1 aliphatic heterocycles. The number of nitrogens with one attached hydrogen (secondary N) is 1. The Bertz CT molecular complexity index is 744. The predicted octanol–water partition coefficient (Wildman–Crippen LogP) is 3.15. The van der Waals surface area contributed by atoms with E-state index >= 15 is 0 Å². The van der Waals surface area contributed by atoms with E-state index in [0.717, 1.165) is 28.7 Å². The van der Waals surface area contributed by atoms with E-state index in [1.165, 1.54) is 0 Å². The molecule has 0 bridgehead atoms. The van der Waals surface area contributed by atoms with Crippen molar-refractivity contribution in [2.24, 2.45) is 5.92 Å². The average molecular weight is 332 g/mol. The van der Waals surface area contributed by atoms with E-state index in [0.29, 0.717) is 18.1 Å². The van der Waals surface area contributed by atoms with Crippen LogP contribution in [0, 0.1) is 12.8 Å². The Morgan fingerprint density at radius 3 is 2.87 bits per heavy atom. The van der Waals surface area contributed by atoms with Crippen LogP contribution in [0.5, 0.6) is 0 Å². The van der Waals surface area contributed by atoms with Gasteiger partial charge in [0.1, 0.15) is 0 Å². The van der Waals surface area contributed by atoms with Gasteiger partial charge in [-0.05, 0) is 24.5 Å². The van der Waals surface area contributed by atoms with Gasteiger partial charge in [0.2, 0.25) is 5.91 Å². The number of benzene rings is 1. The Morgan fingerprint density at radius 1 is 1.39 bits per heavy atom. The number of hydrogen-bond acceptors (Lipinski definition) is 3. The normalized spacial score (nSPS) is 19.3. The molecule has 0 aliphatic carbocycles. The molecule has 1 N–H and O–H groups in total. The maximum absolute atomic E-state index is 12.2. The Hall–Kier alpha value is -1.65. The third-order valence-corrected chi connectivity index (χ3v) is 4.99. The van der Waals surface area contributed by atoms with Gasteiger partial charge in [-0.2, -0.15) is 0 Å². The van der Waals surface area contributed by atoms with Crippen LogP contribution >= 0.6 is 11.6 Å². The highest BCUT2D eigenvalue weighted by Gasteiger charge is 2.32. The second-order valence-electron chi connectivity index (χ2n) is 6.46. The summed E-state index contributed by atoms with van der Waals surface area (Å²) in [5.74, 6) is 0.343. The fourth-order valence-corrected chi connectivity index (χ4v) is 3.55. The molecule has 1 aromatic carbocycles. The Morgan fingerprint density at radius 2 is 2.13 bits per heavy atom. The third-order valence-electron chi connectivity index (χ3n) is 4.49. The van der Waals surface area contributed by atoms with Crippen molar-refractivity contribution in [1.82, 2.24) is 15.2 Å². The summed E-state index contributed by atoms with van der Waals surface area (Å²) < 4.78 is 0. The number of pyridine rings is 1. The van der Waals surface area contributed by atoms with Gasteiger partial charge in [-0.1, -0.05) is 43.6 Å². The van der Waals surface area contributed by atoms with E-state index in [-0.39, 0.29) is 17.9 Å². The molecule has 1 aromatic heterocycles. The maximum atomic E-state index is 12.2. The van der Waals surface area contributed by atoms with Gasteiger partial charge in [-0.25, -0.2) is 4.98 Å². The van der Waals surface area contributed by atoms with E-state index in [9.17, 15) is 4.79 Å². The lowest BCUT2D eigenvalue weighted by atomic mass is 9.99. The number of aryl methyl sites for hydroxylation is 1. The molecule has 23 heavy (non-hydrogen) atoms. The molecule has 5 heteroatoms. The molecule has 2 heterocycles. The molecule has 2 aromatic rings. The van der Waals surface area contributed by atoms with Crippen LogP contribution in [0.3, 0.4) is 0 Å². The summed E-state index contributed by atoms with van der Waals surface area (Å²) in [5.41, 5.74) is 2.85. The van der Waals surface area contributed by atoms with E-state index in [1.54, 1.807) is 0 Å². The Labute approximate surface area is 141 Å². The minimum Gasteiger partial charge on any atom is -0.353 e. The van der Waals surface area contributed by atoms with Crippen LogP contribution in [0.4, 0.5) is 0 Å². The number of halogens is 1. The quantitative estimate of drug-likeness (QED) is 0.939. The van der Waals surface area contributed by atoms with Gasteiger partial charge in [-0.15, -0.1) is 0 Å². The number of hydrogen-bond donors (Lipinski definition) is 1. The highest BCUT2D eigenvalue weighted by atomic mass is 35.5. The second kappa shape index (κ2) is 6.46. The lowest BCUT2D eigenvalue weighted by Crippen LogP contribution is -2.56. The van der Waals surface area contributed by atoms with E-state index in [4.69, 9.17) is 16.6 Å². The number of carbonyl (C=O) groups is 1. The summed E-state index contributed by atoms with van der Waals surface area (Å²) in [6.45, 7) is 8.26. The Kier molecular flexibility index (Phi) is 4.55. The minimum absolute atomic E-state index is 0.0971. The van der Waals surface area contributed by atoms with Crippen LogP contribution in [0.2, 0.25) is 5.02 Å². The summed E-state index contributed by atoms with van der Waals surface area (Å²) in [6.07, 6.45) is 0. The third kappa shape index (κ3) is 3.06. The number of rotatable bonds is 3. The molecule has 1 atom stereocenters. The lowest BCUT2D eigenvalue weighted by molar-refractivity contribution is -0.131. The first-order valence-electron chi connectivity index (χ1n) is 8.04. The SMILES string of the molecule is Cc1c(Cl)c(CN2CCNC(=O)C2C(C)C)nc2ccccc12. The zero-order chi connectivity index (χ0) is 16.6. The second-order valence-corrected chi connectivity index (χ2v) is 6.84. The fourth-order valence-electron chi connectivity index (χ4n) is 3.35. The van der Waals surface area contributed by atoms with Crippen molar-refractivity contribution in [3.05, 3.63) is 40.5 Å². The largest absolute Gasteiger partial charge is 0.353 e. The van der Waals surface area contributed by atoms with E-state index in [2.05, 4.69) is 24.1 Å². The molecular weight excluding hydrogens is 310 g/mol. The summed E-state index contributed by atoms with van der Waals surface area (Å²) in [4.78, 5) is 19.1. The molecule has 1 unspecified atom stereocenters. The van der Waals surface area contributed by atoms with Crippen molar-refractivity contribution in [3.63, 3.8) is 0 Å². The number of aromatic nitrogens is 1. The molecule has 122 valence electrons. The molecular formula is C18H22ClN3O. The number of amides is 1. The minimum atomic E-state index is -0.131. The number of nitrogens with zero attached hydrogens (tertiary/aromatic N) is 2. The Balaban J connectivity index is 1.97. The number of fused-ring (bicyclic) bond motifs is 1. The zero-order valence-corrected chi connectivity index (χ0v) is 14.5. The number of carbonyl (C=O) groups excluding carboxylic acids is 1. The molecule has 4 nitrogen and oxygen atoms in total. The lowest BCUT2D eigenvalue weighted by Gasteiger charge is -2.37. The van der Waals surface area contributed by atoms with Gasteiger partial charge in [0.25, 0.3) is 0 Å². The standard InChI is InChI=1S/C18H22ClN3O/c1-11(2)17-18(23)20-8-9-22(17)10-15-16(19)12(3)13-6-4-5-7-14(13)21-15/h4-7,11,17H,8-10H2,1-3H3,(H,20,23). The van der Waals surface area contributed by atoms with E-state index in [1.807, 2.05) is 31.2 Å². The molecule has 0 radical (unpaired) electrons. The number of para-hydroxylation sites is 1. The summed E-state index contributed by atoms with van der Waals surface area (Å²) >= 11 is 6.57. The topological polar surface area (TPSA) is 45.2 Å². The van der Waals surface area contributed by atoms with Crippen molar-refractivity contribution in [1.29, 1.82) is 0 Å². The molecule has 1 aliphatic rings. The van der Waals surface area contributed by atoms with Gasteiger partial charge in [-0.3, -0.25) is 9.69 Å². The summed E-state index contributed by atoms with van der Waals surface area (Å²) in [5, 5.41) is 4.74. The molecule has 1 fully saturated rings. The van der Waals surface area contributed by atoms with Crippen LogP contribution < -0.4 is 5.32 Å². The van der Waals surface area contributed by atoms with Gasteiger partial charge >= 0.3 is 0 Å². The smallest absolute Gasteiger partial charge is 0.237 e. The monoisotopic (exact) mass is 331 g/mol. The van der Waals surface area contributed by atoms with E-state index < -0.39 is 0 Å². The highest BCUT2D eigenvalue weighted by Crippen LogP contribution is 2.28. The van der Waals surface area contributed by atoms with Crippen molar-refractivity contribution in [3.8, 4) is 0 Å². The van der Waals surface area contributed by atoms with Crippen LogP contribution in [0.1, 0.15) is 25.1 Å². The average Bonchev–Trinajstić information content (AvgIpc) is 2.52. The first-order valence-corrected chi connectivity index (χ1v) is 8.42. The van der Waals surface area contributed by atoms with Crippen LogP contribution in [0.15, 0.2) is 24.3 Å². The van der Waals surface area contributed by atoms with Crippen LogP contribution in [-0.2, 0) is 11.3 Å². The van der Waals surface area contributed by atoms with Crippen LogP contribution in [0.25, 0.3) is 10.9 Å². The molecule has 0 spiro atoms. The first kappa shape index (κ1) is 16.2. The van der Waals surface area contributed by atoms with Gasteiger partial charge in [0.05, 0.1) is 22.3 Å². The van der Waals surface area contributed by atoms with Crippen molar-refractivity contribution in [2.45, 2.75) is 33.4 Å². The molecule has 0 saturated carbocycles. The highest BCUT2D eigenvalue weighted by molar-refractivity contribution is 6.32. The maximum Gasteiger partial charge on any atom is 0.237 e. The van der Waals surface area contributed by atoms with Crippen molar-refractivity contribution < 1.29 is 4.79 Å². The van der Waals surface area contributed by atoms with Gasteiger partial charge in [0, 0.05) is 25.0 Å². The van der Waals surface area contributed by atoms with Gasteiger partial charge < -0.3 is 5.32 Å².